The molecule has 31 heavy (non-hydrogen) atoms. The third kappa shape index (κ3) is 5.81. The number of sulfonamides is 2. The molecule has 3 rings (SSSR count). The molecule has 0 atom stereocenters. The van der Waals surface area contributed by atoms with E-state index in [1.807, 2.05) is 6.07 Å². The van der Waals surface area contributed by atoms with Crippen LogP contribution in [-0.4, -0.2) is 83.0 Å². The summed E-state index contributed by atoms with van der Waals surface area (Å²) in [6.45, 7) is 1.80. The average Bonchev–Trinajstić information content (AvgIpc) is 2.79. The standard InChI is InChI=1S/C19H26N4O6S2/c20-15-16-1-3-18(4-2-16)31(27,28)23-8-5-17(6-9-23)19(24)21-7-14-30(25,26)22-10-12-29-13-11-22/h1-4,17H,5-14H2,(H,21,24). The molecule has 0 aromatic heterocycles. The van der Waals surface area contributed by atoms with Crippen molar-refractivity contribution >= 4 is 26.0 Å². The van der Waals surface area contributed by atoms with Crippen molar-refractivity contribution in [3.8, 4) is 6.07 Å². The van der Waals surface area contributed by atoms with Crippen LogP contribution >= 0.6 is 0 Å². The number of nitrogens with one attached hydrogen (secondary N) is 1. The van der Waals surface area contributed by atoms with Crippen LogP contribution in [0.2, 0.25) is 0 Å². The number of carbonyl (C=O) groups is 1. The number of nitrogens with zero attached hydrogens (tertiary/aromatic N) is 3. The summed E-state index contributed by atoms with van der Waals surface area (Å²) >= 11 is 0. The molecule has 0 spiro atoms. The van der Waals surface area contributed by atoms with Crippen molar-refractivity contribution in [1.82, 2.24) is 13.9 Å². The maximum absolute atomic E-state index is 12.8. The normalized spacial score (nSPS) is 19.6. The maximum atomic E-state index is 12.8. The highest BCUT2D eigenvalue weighted by atomic mass is 32.2. The molecule has 170 valence electrons. The van der Waals surface area contributed by atoms with Gasteiger partial charge in [-0.3, -0.25) is 4.79 Å². The molecule has 1 aromatic rings. The van der Waals surface area contributed by atoms with Gasteiger partial charge in [0.05, 0.1) is 35.5 Å². The highest BCUT2D eigenvalue weighted by Gasteiger charge is 2.32. The Balaban J connectivity index is 1.47. The number of nitriles is 1. The Morgan fingerprint density at radius 1 is 1.03 bits per heavy atom. The van der Waals surface area contributed by atoms with E-state index in [9.17, 15) is 21.6 Å². The molecule has 1 amide bonds. The third-order valence-electron chi connectivity index (χ3n) is 5.47. The molecule has 0 saturated carbocycles. The molecule has 1 N–H and O–H groups in total. The predicted octanol–water partition coefficient (Wildman–Crippen LogP) is -0.263. The van der Waals surface area contributed by atoms with Crippen molar-refractivity contribution < 1.29 is 26.4 Å². The fourth-order valence-electron chi connectivity index (χ4n) is 3.61. The second kappa shape index (κ2) is 10.1. The van der Waals surface area contributed by atoms with Crippen LogP contribution in [0, 0.1) is 17.2 Å². The van der Waals surface area contributed by atoms with Gasteiger partial charge >= 0.3 is 0 Å². The maximum Gasteiger partial charge on any atom is 0.243 e. The van der Waals surface area contributed by atoms with Gasteiger partial charge in [-0.1, -0.05) is 0 Å². The zero-order valence-electron chi connectivity index (χ0n) is 17.1. The molecule has 0 unspecified atom stereocenters. The van der Waals surface area contributed by atoms with Crippen LogP contribution in [0.5, 0.6) is 0 Å². The lowest BCUT2D eigenvalue weighted by molar-refractivity contribution is -0.125. The van der Waals surface area contributed by atoms with Crippen LogP contribution in [0.4, 0.5) is 0 Å². The van der Waals surface area contributed by atoms with Gasteiger partial charge in [0.25, 0.3) is 0 Å². The summed E-state index contributed by atoms with van der Waals surface area (Å²) in [7, 11) is -7.13. The Bertz CT molecular complexity index is 1020. The van der Waals surface area contributed by atoms with Gasteiger partial charge in [0.1, 0.15) is 0 Å². The zero-order valence-corrected chi connectivity index (χ0v) is 18.7. The van der Waals surface area contributed by atoms with E-state index in [4.69, 9.17) is 10.00 Å². The number of hydrogen-bond acceptors (Lipinski definition) is 7. The predicted molar refractivity (Wildman–Crippen MR) is 112 cm³/mol. The molecular formula is C19H26N4O6S2. The number of carbonyl (C=O) groups excluding carboxylic acids is 1. The average molecular weight is 471 g/mol. The number of amides is 1. The molecule has 0 aliphatic carbocycles. The van der Waals surface area contributed by atoms with E-state index in [0.29, 0.717) is 44.7 Å². The van der Waals surface area contributed by atoms with Crippen molar-refractivity contribution in [2.45, 2.75) is 17.7 Å². The van der Waals surface area contributed by atoms with E-state index < -0.39 is 20.0 Å². The van der Waals surface area contributed by atoms with Crippen LogP contribution in [0.3, 0.4) is 0 Å². The number of hydrogen-bond donors (Lipinski definition) is 1. The lowest BCUT2D eigenvalue weighted by Crippen LogP contribution is -2.45. The minimum Gasteiger partial charge on any atom is -0.379 e. The summed E-state index contributed by atoms with van der Waals surface area (Å²) in [4.78, 5) is 12.5. The van der Waals surface area contributed by atoms with E-state index in [0.717, 1.165) is 0 Å². The van der Waals surface area contributed by atoms with Crippen molar-refractivity contribution in [1.29, 1.82) is 5.26 Å². The summed E-state index contributed by atoms with van der Waals surface area (Å²) in [5.41, 5.74) is 0.380. The summed E-state index contributed by atoms with van der Waals surface area (Å²) in [5.74, 6) is -0.795. The van der Waals surface area contributed by atoms with Gasteiger partial charge in [-0.25, -0.2) is 16.8 Å². The SMILES string of the molecule is N#Cc1ccc(S(=O)(=O)N2CCC(C(=O)NCCS(=O)(=O)N3CCOCC3)CC2)cc1. The van der Waals surface area contributed by atoms with Crippen LogP contribution in [-0.2, 0) is 29.6 Å². The number of ether oxygens (including phenoxy) is 1. The first-order valence-corrected chi connectivity index (χ1v) is 13.1. The van der Waals surface area contributed by atoms with Crippen molar-refractivity contribution in [3.63, 3.8) is 0 Å². The van der Waals surface area contributed by atoms with Gasteiger partial charge < -0.3 is 10.1 Å². The van der Waals surface area contributed by atoms with E-state index in [1.54, 1.807) is 0 Å². The number of morpholine rings is 1. The summed E-state index contributed by atoms with van der Waals surface area (Å²) in [6.07, 6.45) is 0.717. The van der Waals surface area contributed by atoms with Crippen molar-refractivity contribution in [3.05, 3.63) is 29.8 Å². The Kier molecular flexibility index (Phi) is 7.66. The van der Waals surface area contributed by atoms with E-state index >= 15 is 0 Å². The molecule has 2 saturated heterocycles. The fourth-order valence-corrected chi connectivity index (χ4v) is 6.40. The first-order valence-electron chi connectivity index (χ1n) is 10.1. The minimum atomic E-state index is -3.69. The number of benzene rings is 1. The van der Waals surface area contributed by atoms with Crippen LogP contribution in [0.15, 0.2) is 29.2 Å². The lowest BCUT2D eigenvalue weighted by Gasteiger charge is -2.30. The van der Waals surface area contributed by atoms with E-state index in [2.05, 4.69) is 5.32 Å². The van der Waals surface area contributed by atoms with Gasteiger partial charge in [0.15, 0.2) is 0 Å². The van der Waals surface area contributed by atoms with Gasteiger partial charge in [-0.15, -0.1) is 0 Å². The number of piperidine rings is 1. The molecule has 2 aliphatic rings. The molecule has 10 nitrogen and oxygen atoms in total. The van der Waals surface area contributed by atoms with Crippen LogP contribution < -0.4 is 5.32 Å². The Morgan fingerprint density at radius 3 is 2.23 bits per heavy atom. The van der Waals surface area contributed by atoms with Crippen molar-refractivity contribution in [2.75, 3.05) is 51.7 Å². The van der Waals surface area contributed by atoms with Crippen LogP contribution in [0.25, 0.3) is 0 Å². The monoisotopic (exact) mass is 470 g/mol. The molecule has 2 heterocycles. The Hall–Kier alpha value is -2.04. The van der Waals surface area contributed by atoms with Crippen LogP contribution in [0.1, 0.15) is 18.4 Å². The van der Waals surface area contributed by atoms with Gasteiger partial charge in [-0.2, -0.15) is 13.9 Å². The van der Waals surface area contributed by atoms with Gasteiger partial charge in [-0.05, 0) is 37.1 Å². The van der Waals surface area contributed by atoms with E-state index in [-0.39, 0.29) is 42.1 Å². The molecule has 12 heteroatoms. The second-order valence-corrected chi connectivity index (χ2v) is 11.5. The fraction of sp³-hybridized carbons (Fsp3) is 0.579. The molecule has 2 aliphatic heterocycles. The first kappa shape index (κ1) is 23.6. The Morgan fingerprint density at radius 2 is 1.65 bits per heavy atom. The highest BCUT2D eigenvalue weighted by Crippen LogP contribution is 2.24. The van der Waals surface area contributed by atoms with E-state index in [1.165, 1.54) is 32.9 Å². The molecular weight excluding hydrogens is 444 g/mol. The third-order valence-corrected chi connectivity index (χ3v) is 9.25. The summed E-state index contributed by atoms with van der Waals surface area (Å²) in [5, 5.41) is 11.5. The topological polar surface area (TPSA) is 137 Å². The largest absolute Gasteiger partial charge is 0.379 e. The van der Waals surface area contributed by atoms with Crippen molar-refractivity contribution in [2.24, 2.45) is 5.92 Å². The molecule has 0 bridgehead atoms. The minimum absolute atomic E-state index is 0.0161. The number of rotatable bonds is 7. The Labute approximate surface area is 182 Å². The zero-order chi connectivity index (χ0) is 22.5. The smallest absolute Gasteiger partial charge is 0.243 e. The first-order chi connectivity index (χ1) is 14.7. The van der Waals surface area contributed by atoms with Gasteiger partial charge in [0, 0.05) is 38.6 Å². The molecule has 1 aromatic carbocycles. The quantitative estimate of drug-likeness (QED) is 0.579. The molecule has 2 fully saturated rings. The summed E-state index contributed by atoms with van der Waals surface area (Å²) in [6, 6.07) is 7.67. The summed E-state index contributed by atoms with van der Waals surface area (Å²) < 4.78 is 58.0. The van der Waals surface area contributed by atoms with Gasteiger partial charge in [0.2, 0.25) is 26.0 Å². The molecule has 0 radical (unpaired) electrons. The second-order valence-electron chi connectivity index (χ2n) is 7.43. The lowest BCUT2D eigenvalue weighted by atomic mass is 9.97. The highest BCUT2D eigenvalue weighted by molar-refractivity contribution is 7.89.